The summed E-state index contributed by atoms with van der Waals surface area (Å²) in [6.07, 6.45) is 3.52. The lowest BCUT2D eigenvalue weighted by Gasteiger charge is -2.29. The molecular formula is C29H22N4O2S. The Bertz CT molecular complexity index is 1640. The smallest absolute Gasteiger partial charge is 0.270 e. The van der Waals surface area contributed by atoms with E-state index in [-0.39, 0.29) is 10.7 Å². The highest BCUT2D eigenvalue weighted by Gasteiger charge is 2.34. The molecule has 1 fully saturated rings. The van der Waals surface area contributed by atoms with Crippen LogP contribution in [0, 0.1) is 25.2 Å². The van der Waals surface area contributed by atoms with E-state index >= 15 is 0 Å². The summed E-state index contributed by atoms with van der Waals surface area (Å²) in [4.78, 5) is 27.8. The van der Waals surface area contributed by atoms with E-state index in [4.69, 9.17) is 12.2 Å². The molecule has 0 spiro atoms. The van der Waals surface area contributed by atoms with Gasteiger partial charge in [-0.3, -0.25) is 19.8 Å². The van der Waals surface area contributed by atoms with Crippen LogP contribution in [0.25, 0.3) is 17.0 Å². The van der Waals surface area contributed by atoms with E-state index in [1.807, 2.05) is 85.3 Å². The van der Waals surface area contributed by atoms with E-state index in [0.717, 1.165) is 33.2 Å². The SMILES string of the molecule is Cc1ccc(N2C(=O)/C(=C/c3cn(Cc4ccccc4C#N)c4ccccc34)C(=O)NC2=S)cc1C. The minimum atomic E-state index is -0.531. The van der Waals surface area contributed by atoms with E-state index in [1.165, 1.54) is 4.90 Å². The molecular weight excluding hydrogens is 468 g/mol. The minimum absolute atomic E-state index is 0.00200. The largest absolute Gasteiger partial charge is 0.342 e. The lowest BCUT2D eigenvalue weighted by molar-refractivity contribution is -0.122. The van der Waals surface area contributed by atoms with Crippen molar-refractivity contribution in [2.75, 3.05) is 4.90 Å². The molecule has 2 amide bonds. The molecule has 4 aromatic rings. The zero-order chi connectivity index (χ0) is 25.4. The molecule has 7 heteroatoms. The summed E-state index contributed by atoms with van der Waals surface area (Å²) < 4.78 is 2.02. The number of carbonyl (C=O) groups is 2. The number of amides is 2. The number of nitrogens with one attached hydrogen (secondary N) is 1. The van der Waals surface area contributed by atoms with E-state index in [1.54, 1.807) is 12.1 Å². The van der Waals surface area contributed by atoms with Gasteiger partial charge in [-0.25, -0.2) is 0 Å². The maximum absolute atomic E-state index is 13.5. The molecule has 1 N–H and O–H groups in total. The Morgan fingerprint density at radius 3 is 2.53 bits per heavy atom. The zero-order valence-corrected chi connectivity index (χ0v) is 20.6. The number of benzene rings is 3. The molecule has 0 unspecified atom stereocenters. The normalized spacial score (nSPS) is 14.9. The molecule has 5 rings (SSSR count). The second kappa shape index (κ2) is 9.25. The lowest BCUT2D eigenvalue weighted by Crippen LogP contribution is -2.54. The fraction of sp³-hybridized carbons (Fsp3) is 0.103. The van der Waals surface area contributed by atoms with Crippen LogP contribution in [-0.4, -0.2) is 21.5 Å². The number of aryl methyl sites for hydroxylation is 2. The first-order valence-corrected chi connectivity index (χ1v) is 11.8. The van der Waals surface area contributed by atoms with Crippen molar-refractivity contribution in [2.45, 2.75) is 20.4 Å². The van der Waals surface area contributed by atoms with Gasteiger partial charge in [0.15, 0.2) is 5.11 Å². The molecule has 176 valence electrons. The molecule has 1 aromatic heterocycles. The number of hydrogen-bond donors (Lipinski definition) is 1. The molecule has 2 heterocycles. The fourth-order valence-electron chi connectivity index (χ4n) is 4.38. The Labute approximate surface area is 214 Å². The lowest BCUT2D eigenvalue weighted by atomic mass is 10.0. The van der Waals surface area contributed by atoms with Gasteiger partial charge < -0.3 is 4.57 Å². The first-order valence-electron chi connectivity index (χ1n) is 11.4. The van der Waals surface area contributed by atoms with Crippen molar-refractivity contribution >= 4 is 51.8 Å². The van der Waals surface area contributed by atoms with Crippen LogP contribution < -0.4 is 10.2 Å². The van der Waals surface area contributed by atoms with Crippen molar-refractivity contribution in [2.24, 2.45) is 0 Å². The summed E-state index contributed by atoms with van der Waals surface area (Å²) in [6, 6.07) is 23.1. The predicted octanol–water partition coefficient (Wildman–Crippen LogP) is 5.01. The predicted molar refractivity (Wildman–Crippen MR) is 144 cm³/mol. The minimum Gasteiger partial charge on any atom is -0.342 e. The van der Waals surface area contributed by atoms with Crippen LogP contribution in [-0.2, 0) is 16.1 Å². The molecule has 0 bridgehead atoms. The van der Waals surface area contributed by atoms with Crippen LogP contribution >= 0.6 is 12.2 Å². The molecule has 1 aliphatic rings. The van der Waals surface area contributed by atoms with Crippen molar-refractivity contribution in [3.63, 3.8) is 0 Å². The Kier molecular flexibility index (Phi) is 5.96. The van der Waals surface area contributed by atoms with Gasteiger partial charge in [0.25, 0.3) is 11.8 Å². The van der Waals surface area contributed by atoms with Crippen molar-refractivity contribution in [3.05, 3.63) is 106 Å². The molecule has 6 nitrogen and oxygen atoms in total. The number of aromatic nitrogens is 1. The molecule has 0 saturated carbocycles. The number of thiocarbonyl (C=S) groups is 1. The van der Waals surface area contributed by atoms with Gasteiger partial charge in [0.2, 0.25) is 0 Å². The number of nitrogens with zero attached hydrogens (tertiary/aromatic N) is 3. The summed E-state index contributed by atoms with van der Waals surface area (Å²) in [5, 5.41) is 13.1. The Balaban J connectivity index is 1.58. The Morgan fingerprint density at radius 1 is 1.00 bits per heavy atom. The van der Waals surface area contributed by atoms with Crippen LogP contribution in [0.5, 0.6) is 0 Å². The van der Waals surface area contributed by atoms with Crippen molar-refractivity contribution in [1.82, 2.24) is 9.88 Å². The average Bonchev–Trinajstić information content (AvgIpc) is 3.21. The topological polar surface area (TPSA) is 78.1 Å². The number of fused-ring (bicyclic) bond motifs is 1. The summed E-state index contributed by atoms with van der Waals surface area (Å²) in [5.74, 6) is -1.00. The van der Waals surface area contributed by atoms with Crippen LogP contribution in [0.2, 0.25) is 0 Å². The summed E-state index contributed by atoms with van der Waals surface area (Å²) in [5.41, 5.74) is 5.88. The number of para-hydroxylation sites is 1. The maximum atomic E-state index is 13.5. The van der Waals surface area contributed by atoms with Gasteiger partial charge in [-0.05, 0) is 73.1 Å². The first-order chi connectivity index (χ1) is 17.4. The van der Waals surface area contributed by atoms with Gasteiger partial charge in [-0.15, -0.1) is 0 Å². The van der Waals surface area contributed by atoms with E-state index in [0.29, 0.717) is 17.8 Å². The molecule has 1 aliphatic heterocycles. The van der Waals surface area contributed by atoms with Crippen LogP contribution in [0.4, 0.5) is 5.69 Å². The number of carbonyl (C=O) groups excluding carboxylic acids is 2. The number of rotatable bonds is 4. The van der Waals surface area contributed by atoms with E-state index in [2.05, 4.69) is 11.4 Å². The highest BCUT2D eigenvalue weighted by atomic mass is 32.1. The van der Waals surface area contributed by atoms with E-state index in [9.17, 15) is 14.9 Å². The van der Waals surface area contributed by atoms with Crippen molar-refractivity contribution in [3.8, 4) is 6.07 Å². The number of hydrogen-bond acceptors (Lipinski definition) is 4. The standard InChI is InChI=1S/C29H22N4O2S/c1-18-11-12-23(13-19(18)2)33-28(35)25(27(34)31-29(33)36)14-22-17-32(26-10-6-5-9-24(22)26)16-21-8-4-3-7-20(21)15-30/h3-14,17H,16H2,1-2H3,(H,31,34,36)/b25-14+. The Morgan fingerprint density at radius 2 is 1.75 bits per heavy atom. The number of nitriles is 1. The summed E-state index contributed by atoms with van der Waals surface area (Å²) >= 11 is 5.35. The molecule has 3 aromatic carbocycles. The van der Waals surface area contributed by atoms with Crippen LogP contribution in [0.15, 0.2) is 78.5 Å². The van der Waals surface area contributed by atoms with Gasteiger partial charge >= 0.3 is 0 Å². The molecule has 1 saturated heterocycles. The van der Waals surface area contributed by atoms with Crippen LogP contribution in [0.3, 0.4) is 0 Å². The highest BCUT2D eigenvalue weighted by Crippen LogP contribution is 2.28. The molecule has 0 radical (unpaired) electrons. The third-order valence-electron chi connectivity index (χ3n) is 6.45. The highest BCUT2D eigenvalue weighted by molar-refractivity contribution is 7.80. The fourth-order valence-corrected chi connectivity index (χ4v) is 4.66. The third kappa shape index (κ3) is 4.08. The third-order valence-corrected chi connectivity index (χ3v) is 6.73. The quantitative estimate of drug-likeness (QED) is 0.248. The maximum Gasteiger partial charge on any atom is 0.270 e. The summed E-state index contributed by atoms with van der Waals surface area (Å²) in [7, 11) is 0. The number of anilines is 1. The zero-order valence-electron chi connectivity index (χ0n) is 19.8. The van der Waals surface area contributed by atoms with Gasteiger partial charge in [-0.1, -0.05) is 42.5 Å². The second-order valence-corrected chi connectivity index (χ2v) is 9.11. The first kappa shape index (κ1) is 23.2. The molecule has 0 atom stereocenters. The van der Waals surface area contributed by atoms with Gasteiger partial charge in [0.05, 0.1) is 17.3 Å². The second-order valence-electron chi connectivity index (χ2n) is 8.72. The van der Waals surface area contributed by atoms with Crippen molar-refractivity contribution in [1.29, 1.82) is 5.26 Å². The van der Waals surface area contributed by atoms with Gasteiger partial charge in [0.1, 0.15) is 5.57 Å². The van der Waals surface area contributed by atoms with Crippen LogP contribution in [0.1, 0.15) is 27.8 Å². The van der Waals surface area contributed by atoms with Crippen molar-refractivity contribution < 1.29 is 9.59 Å². The molecule has 0 aliphatic carbocycles. The summed E-state index contributed by atoms with van der Waals surface area (Å²) in [6.45, 7) is 4.44. The average molecular weight is 491 g/mol. The van der Waals surface area contributed by atoms with Gasteiger partial charge in [0, 0.05) is 29.2 Å². The molecule has 36 heavy (non-hydrogen) atoms. The monoisotopic (exact) mass is 490 g/mol. The Hall–Kier alpha value is -4.54. The van der Waals surface area contributed by atoms with Gasteiger partial charge in [-0.2, -0.15) is 5.26 Å². The van der Waals surface area contributed by atoms with E-state index < -0.39 is 11.8 Å².